The summed E-state index contributed by atoms with van der Waals surface area (Å²) in [5.41, 5.74) is 7.30. The second-order valence-electron chi connectivity index (χ2n) is 2.81. The Morgan fingerprint density at radius 1 is 1.46 bits per heavy atom. The van der Waals surface area contributed by atoms with Crippen molar-refractivity contribution in [1.82, 2.24) is 9.97 Å². The van der Waals surface area contributed by atoms with Crippen LogP contribution in [-0.2, 0) is 17.8 Å². The molecule has 2 rings (SSSR count). The number of anilines is 1. The minimum Gasteiger partial charge on any atom is -0.383 e. The summed E-state index contributed by atoms with van der Waals surface area (Å²) >= 11 is 0. The normalized spacial score (nSPS) is 15.1. The molecule has 5 nitrogen and oxygen atoms in total. The molecule has 5 heteroatoms. The van der Waals surface area contributed by atoms with Gasteiger partial charge in [0.15, 0.2) is 12.1 Å². The molecule has 1 aliphatic heterocycles. The zero-order chi connectivity index (χ0) is 9.26. The average molecular weight is 179 g/mol. The van der Waals surface area contributed by atoms with E-state index in [9.17, 15) is 4.79 Å². The number of ether oxygens (including phenoxy) is 1. The van der Waals surface area contributed by atoms with E-state index in [0.717, 1.165) is 17.7 Å². The van der Waals surface area contributed by atoms with E-state index in [0.29, 0.717) is 25.3 Å². The number of aldehydes is 1. The molecule has 0 radical (unpaired) electrons. The third kappa shape index (κ3) is 1.38. The Morgan fingerprint density at radius 3 is 3.08 bits per heavy atom. The molecule has 1 aliphatic rings. The van der Waals surface area contributed by atoms with Crippen molar-refractivity contribution < 1.29 is 9.53 Å². The number of fused-ring (bicyclic) bond motifs is 1. The van der Waals surface area contributed by atoms with E-state index in [1.807, 2.05) is 0 Å². The van der Waals surface area contributed by atoms with Crippen LogP contribution in [-0.4, -0.2) is 22.9 Å². The molecule has 0 atom stereocenters. The van der Waals surface area contributed by atoms with Crippen molar-refractivity contribution >= 4 is 12.1 Å². The van der Waals surface area contributed by atoms with E-state index in [-0.39, 0.29) is 5.82 Å². The van der Waals surface area contributed by atoms with Gasteiger partial charge in [-0.15, -0.1) is 0 Å². The lowest BCUT2D eigenvalue weighted by molar-refractivity contribution is 0.105. The predicted octanol–water partition coefficient (Wildman–Crippen LogP) is -0.0560. The minimum absolute atomic E-state index is 0.127. The molecule has 1 aromatic rings. The number of hydrogen-bond acceptors (Lipinski definition) is 5. The summed E-state index contributed by atoms with van der Waals surface area (Å²) in [6.45, 7) is 1.06. The monoisotopic (exact) mass is 179 g/mol. The van der Waals surface area contributed by atoms with Gasteiger partial charge >= 0.3 is 0 Å². The third-order valence-corrected chi connectivity index (χ3v) is 1.98. The van der Waals surface area contributed by atoms with Crippen LogP contribution in [0.25, 0.3) is 0 Å². The van der Waals surface area contributed by atoms with Gasteiger partial charge in [0.25, 0.3) is 0 Å². The van der Waals surface area contributed by atoms with Crippen molar-refractivity contribution in [3.8, 4) is 0 Å². The largest absolute Gasteiger partial charge is 0.383 e. The SMILES string of the molecule is Nc1nc(C=O)nc2c1CCOC2. The second-order valence-corrected chi connectivity index (χ2v) is 2.81. The molecule has 0 aliphatic carbocycles. The molecule has 2 N–H and O–H groups in total. The number of hydrogen-bond donors (Lipinski definition) is 1. The summed E-state index contributed by atoms with van der Waals surface area (Å²) in [5, 5.41) is 0. The fourth-order valence-corrected chi connectivity index (χ4v) is 1.36. The second kappa shape index (κ2) is 3.10. The first-order valence-electron chi connectivity index (χ1n) is 3.99. The van der Waals surface area contributed by atoms with Gasteiger partial charge in [0.05, 0.1) is 18.9 Å². The first-order chi connectivity index (χ1) is 6.31. The molecule has 0 saturated heterocycles. The Bertz CT molecular complexity index is 351. The molecule has 1 aromatic heterocycles. The number of carbonyl (C=O) groups excluding carboxylic acids is 1. The quantitative estimate of drug-likeness (QED) is 0.611. The van der Waals surface area contributed by atoms with Gasteiger partial charge < -0.3 is 10.5 Å². The van der Waals surface area contributed by atoms with E-state index >= 15 is 0 Å². The topological polar surface area (TPSA) is 78.1 Å². The summed E-state index contributed by atoms with van der Waals surface area (Å²) in [7, 11) is 0. The maximum atomic E-state index is 10.4. The zero-order valence-corrected chi connectivity index (χ0v) is 6.99. The van der Waals surface area contributed by atoms with Crippen molar-refractivity contribution in [2.75, 3.05) is 12.3 Å². The fraction of sp³-hybridized carbons (Fsp3) is 0.375. The number of nitrogens with two attached hydrogens (primary N) is 1. The fourth-order valence-electron chi connectivity index (χ4n) is 1.36. The van der Waals surface area contributed by atoms with Crippen LogP contribution < -0.4 is 5.73 Å². The lowest BCUT2D eigenvalue weighted by Gasteiger charge is -2.16. The molecule has 0 amide bonds. The van der Waals surface area contributed by atoms with Crippen molar-refractivity contribution in [1.29, 1.82) is 0 Å². The standard InChI is InChI=1S/C8H9N3O2/c9-8-5-1-2-13-4-6(5)10-7(3-12)11-8/h3H,1-2,4H2,(H2,9,10,11). The Morgan fingerprint density at radius 2 is 2.31 bits per heavy atom. The number of aromatic nitrogens is 2. The highest BCUT2D eigenvalue weighted by Crippen LogP contribution is 2.18. The Labute approximate surface area is 74.9 Å². The molecule has 0 saturated carbocycles. The minimum atomic E-state index is 0.127. The predicted molar refractivity (Wildman–Crippen MR) is 45.2 cm³/mol. The van der Waals surface area contributed by atoms with Crippen molar-refractivity contribution in [2.24, 2.45) is 0 Å². The summed E-state index contributed by atoms with van der Waals surface area (Å²) in [6.07, 6.45) is 1.31. The van der Waals surface area contributed by atoms with Gasteiger partial charge in [-0.3, -0.25) is 4.79 Å². The smallest absolute Gasteiger partial charge is 0.194 e. The highest BCUT2D eigenvalue weighted by molar-refractivity contribution is 5.70. The van der Waals surface area contributed by atoms with Crippen LogP contribution >= 0.6 is 0 Å². The Hall–Kier alpha value is -1.49. The van der Waals surface area contributed by atoms with Gasteiger partial charge in [-0.2, -0.15) is 0 Å². The van der Waals surface area contributed by atoms with Crippen LogP contribution in [0.3, 0.4) is 0 Å². The molecule has 0 unspecified atom stereocenters. The number of carbonyl (C=O) groups is 1. The molecule has 13 heavy (non-hydrogen) atoms. The van der Waals surface area contributed by atoms with Gasteiger partial charge in [0.2, 0.25) is 0 Å². The highest BCUT2D eigenvalue weighted by Gasteiger charge is 2.15. The van der Waals surface area contributed by atoms with Crippen LogP contribution in [0.5, 0.6) is 0 Å². The van der Waals surface area contributed by atoms with Gasteiger partial charge in [-0.05, 0) is 0 Å². The average Bonchev–Trinajstić information content (AvgIpc) is 2.18. The lowest BCUT2D eigenvalue weighted by atomic mass is 10.1. The van der Waals surface area contributed by atoms with Gasteiger partial charge in [-0.1, -0.05) is 0 Å². The number of rotatable bonds is 1. The molecule has 0 bridgehead atoms. The summed E-state index contributed by atoms with van der Waals surface area (Å²) < 4.78 is 5.19. The Kier molecular flexibility index (Phi) is 1.94. The third-order valence-electron chi connectivity index (χ3n) is 1.98. The lowest BCUT2D eigenvalue weighted by Crippen LogP contribution is -2.16. The molecule has 0 fully saturated rings. The first-order valence-corrected chi connectivity index (χ1v) is 3.99. The van der Waals surface area contributed by atoms with Gasteiger partial charge in [0.1, 0.15) is 5.82 Å². The number of nitrogen functional groups attached to an aromatic ring is 1. The summed E-state index contributed by atoms with van der Waals surface area (Å²) in [5.74, 6) is 0.525. The van der Waals surface area contributed by atoms with Crippen LogP contribution in [0.1, 0.15) is 21.9 Å². The van der Waals surface area contributed by atoms with Gasteiger partial charge in [0, 0.05) is 12.0 Å². The molecule has 0 aromatic carbocycles. The van der Waals surface area contributed by atoms with E-state index in [4.69, 9.17) is 10.5 Å². The van der Waals surface area contributed by atoms with Crippen molar-refractivity contribution in [3.63, 3.8) is 0 Å². The number of nitrogens with zero attached hydrogens (tertiary/aromatic N) is 2. The van der Waals surface area contributed by atoms with E-state index in [1.165, 1.54) is 0 Å². The zero-order valence-electron chi connectivity index (χ0n) is 6.99. The van der Waals surface area contributed by atoms with Crippen LogP contribution in [0.2, 0.25) is 0 Å². The highest BCUT2D eigenvalue weighted by atomic mass is 16.5. The van der Waals surface area contributed by atoms with Crippen LogP contribution in [0, 0.1) is 0 Å². The summed E-state index contributed by atoms with van der Waals surface area (Å²) in [6, 6.07) is 0. The maximum absolute atomic E-state index is 10.4. The van der Waals surface area contributed by atoms with Gasteiger partial charge in [-0.25, -0.2) is 9.97 Å². The van der Waals surface area contributed by atoms with Crippen molar-refractivity contribution in [3.05, 3.63) is 17.1 Å². The summed E-state index contributed by atoms with van der Waals surface area (Å²) in [4.78, 5) is 18.3. The first kappa shape index (κ1) is 8.12. The molecule has 2 heterocycles. The van der Waals surface area contributed by atoms with E-state index in [2.05, 4.69) is 9.97 Å². The Balaban J connectivity index is 2.52. The van der Waals surface area contributed by atoms with Crippen LogP contribution in [0.15, 0.2) is 0 Å². The molecular weight excluding hydrogens is 170 g/mol. The maximum Gasteiger partial charge on any atom is 0.194 e. The molecule has 68 valence electrons. The van der Waals surface area contributed by atoms with E-state index < -0.39 is 0 Å². The van der Waals surface area contributed by atoms with Crippen molar-refractivity contribution in [2.45, 2.75) is 13.0 Å². The van der Waals surface area contributed by atoms with E-state index in [1.54, 1.807) is 0 Å². The van der Waals surface area contributed by atoms with Crippen LogP contribution in [0.4, 0.5) is 5.82 Å². The molecule has 0 spiro atoms. The molecular formula is C8H9N3O2.